The minimum absolute atomic E-state index is 0. The molecule has 0 aliphatic carbocycles. The van der Waals surface area contributed by atoms with E-state index in [1.54, 1.807) is 0 Å². The fourth-order valence-corrected chi connectivity index (χ4v) is 0. The molecule has 0 aromatic carbocycles. The molecule has 0 aromatic rings. The van der Waals surface area contributed by atoms with Crippen LogP contribution in [0.15, 0.2) is 0 Å². The molecule has 0 N–H and O–H groups in total. The van der Waals surface area contributed by atoms with Crippen LogP contribution in [-0.4, -0.2) is 91.4 Å². The summed E-state index contributed by atoms with van der Waals surface area (Å²) in [5.41, 5.74) is 0. The maximum Gasteiger partial charge on any atom is 0 e. The van der Waals surface area contributed by atoms with E-state index in [2.05, 4.69) is 0 Å². The van der Waals surface area contributed by atoms with Crippen LogP contribution in [0.5, 0.6) is 0 Å². The first-order valence-corrected chi connectivity index (χ1v) is 0. The zero-order chi connectivity index (χ0) is 0. The Hall–Kier alpha value is 3.01. The molecular formula is BiGeSnTe. The SMILES string of the molecule is [Bi].[Ge].[Sn].[Te]. The van der Waals surface area contributed by atoms with Gasteiger partial charge in [-0.15, -0.1) is 0 Å². The number of hydrogen-bond acceptors (Lipinski definition) is 0. The average molecular weight is 528 g/mol. The quantitative estimate of drug-likeness (QED) is 0.336. The van der Waals surface area contributed by atoms with Crippen molar-refractivity contribution in [1.29, 1.82) is 0 Å². The van der Waals surface area contributed by atoms with Crippen LogP contribution in [0.4, 0.5) is 0 Å². The first kappa shape index (κ1) is 27.9. The van der Waals surface area contributed by atoms with Crippen molar-refractivity contribution in [3.63, 3.8) is 0 Å². The van der Waals surface area contributed by atoms with Gasteiger partial charge >= 0.3 is 0 Å². The molecule has 0 aliphatic rings. The molecule has 4 heteroatoms. The van der Waals surface area contributed by atoms with Gasteiger partial charge < -0.3 is 0 Å². The van der Waals surface area contributed by atoms with Crippen molar-refractivity contribution in [3.8, 4) is 0 Å². The molecule has 13 radical (unpaired) electrons. The van der Waals surface area contributed by atoms with Gasteiger partial charge in [-0.05, 0) is 0 Å². The van der Waals surface area contributed by atoms with Crippen LogP contribution >= 0.6 is 0 Å². The summed E-state index contributed by atoms with van der Waals surface area (Å²) in [5, 5.41) is 0. The fourth-order valence-electron chi connectivity index (χ4n) is 0. The summed E-state index contributed by atoms with van der Waals surface area (Å²) in [4.78, 5) is 0. The molecule has 4 heavy (non-hydrogen) atoms. The first-order chi connectivity index (χ1) is 0. The minimum atomic E-state index is 0. The molecule has 0 spiro atoms. The van der Waals surface area contributed by atoms with Crippen LogP contribution in [0.1, 0.15) is 0 Å². The summed E-state index contributed by atoms with van der Waals surface area (Å²) in [6, 6.07) is 0. The van der Waals surface area contributed by atoms with E-state index in [4.69, 9.17) is 0 Å². The normalized spacial score (nSPS) is 0. The van der Waals surface area contributed by atoms with E-state index in [0.717, 1.165) is 0 Å². The van der Waals surface area contributed by atoms with Crippen molar-refractivity contribution in [2.24, 2.45) is 0 Å². The van der Waals surface area contributed by atoms with Gasteiger partial charge in [0.05, 0.1) is 0 Å². The smallest absolute Gasteiger partial charge is 0 e. The Labute approximate surface area is 89.6 Å². The molecule has 0 rings (SSSR count). The van der Waals surface area contributed by atoms with Gasteiger partial charge in [-0.2, -0.15) is 0 Å². The minimum Gasteiger partial charge on any atom is 0 e. The van der Waals surface area contributed by atoms with Gasteiger partial charge in [-0.3, -0.25) is 0 Å². The molecule has 19 valence electrons. The average Bonchev–Trinajstić information content (AvgIpc) is 0. The second kappa shape index (κ2) is 16.6. The summed E-state index contributed by atoms with van der Waals surface area (Å²) in [7, 11) is 0. The Morgan fingerprint density at radius 1 is 1.00 bits per heavy atom. The summed E-state index contributed by atoms with van der Waals surface area (Å²) >= 11 is 0. The van der Waals surface area contributed by atoms with E-state index in [9.17, 15) is 0 Å². The molecule has 0 aliphatic heterocycles. The van der Waals surface area contributed by atoms with Crippen molar-refractivity contribution in [1.82, 2.24) is 0 Å². The van der Waals surface area contributed by atoms with Crippen LogP contribution in [0.2, 0.25) is 0 Å². The number of rotatable bonds is 0. The third-order valence-corrected chi connectivity index (χ3v) is 0. The predicted molar refractivity (Wildman–Crippen MR) is 23.0 cm³/mol. The Kier molecular flexibility index (Phi) is 116. The van der Waals surface area contributed by atoms with Crippen molar-refractivity contribution in [2.75, 3.05) is 0 Å². The molecule has 0 bridgehead atoms. The van der Waals surface area contributed by atoms with E-state index in [1.807, 2.05) is 0 Å². The molecule has 0 amide bonds. The molecule has 0 atom stereocenters. The van der Waals surface area contributed by atoms with Gasteiger partial charge in [-0.1, -0.05) is 0 Å². The first-order valence-electron chi connectivity index (χ1n) is 0. The second-order valence-corrected chi connectivity index (χ2v) is 0. The third kappa shape index (κ3) is 8.89. The van der Waals surface area contributed by atoms with Crippen molar-refractivity contribution >= 4 is 91.4 Å². The molecule has 0 heterocycles. The standard InChI is InChI=1S/Bi.Ge.Sn.Te. The third-order valence-electron chi connectivity index (χ3n) is 0. The summed E-state index contributed by atoms with van der Waals surface area (Å²) in [6.07, 6.45) is 0. The zero-order valence-electron chi connectivity index (χ0n) is 1.86. The molecule has 0 saturated heterocycles. The summed E-state index contributed by atoms with van der Waals surface area (Å²) in [6.45, 7) is 0. The van der Waals surface area contributed by atoms with E-state index < -0.39 is 0 Å². The van der Waals surface area contributed by atoms with Gasteiger partial charge in [0, 0.05) is 91.4 Å². The summed E-state index contributed by atoms with van der Waals surface area (Å²) in [5.74, 6) is 0. The van der Waals surface area contributed by atoms with Gasteiger partial charge in [0.2, 0.25) is 0 Å². The van der Waals surface area contributed by atoms with Crippen LogP contribution in [0.25, 0.3) is 0 Å². The van der Waals surface area contributed by atoms with E-state index in [0.29, 0.717) is 0 Å². The van der Waals surface area contributed by atoms with Crippen molar-refractivity contribution in [3.05, 3.63) is 0 Å². The molecular weight excluding hydrogens is 528 g/mol. The maximum absolute atomic E-state index is 0. The van der Waals surface area contributed by atoms with Gasteiger partial charge in [-0.25, -0.2) is 0 Å². The Morgan fingerprint density at radius 2 is 1.00 bits per heavy atom. The maximum atomic E-state index is 0. The topological polar surface area (TPSA) is 0 Å². The Balaban J connectivity index is 0. The van der Waals surface area contributed by atoms with Crippen LogP contribution < -0.4 is 0 Å². The van der Waals surface area contributed by atoms with E-state index in [1.165, 1.54) is 0 Å². The Morgan fingerprint density at radius 3 is 1.00 bits per heavy atom. The molecule has 0 aromatic heterocycles. The molecule has 0 unspecified atom stereocenters. The van der Waals surface area contributed by atoms with Crippen molar-refractivity contribution in [2.45, 2.75) is 0 Å². The fraction of sp³-hybridized carbons (Fsp3) is 0. The monoisotopic (exact) mass is 533 g/mol. The molecule has 0 saturated carbocycles. The summed E-state index contributed by atoms with van der Waals surface area (Å²) < 4.78 is 0. The van der Waals surface area contributed by atoms with Gasteiger partial charge in [0.15, 0.2) is 0 Å². The Bertz CT molecular complexity index is 8.00. The largest absolute Gasteiger partial charge is 0 e. The van der Waals surface area contributed by atoms with E-state index in [-0.39, 0.29) is 91.4 Å². The number of hydrogen-bond donors (Lipinski definition) is 0. The van der Waals surface area contributed by atoms with Crippen molar-refractivity contribution < 1.29 is 0 Å². The van der Waals surface area contributed by atoms with Gasteiger partial charge in [0.25, 0.3) is 0 Å². The van der Waals surface area contributed by atoms with Gasteiger partial charge in [0.1, 0.15) is 0 Å². The van der Waals surface area contributed by atoms with E-state index >= 15 is 0 Å². The second-order valence-electron chi connectivity index (χ2n) is 0. The van der Waals surface area contributed by atoms with Crippen LogP contribution in [-0.2, 0) is 0 Å². The molecule has 0 fully saturated rings. The predicted octanol–water partition coefficient (Wildman–Crippen LogP) is -1.52. The zero-order valence-corrected chi connectivity index (χ0v) is 12.6. The van der Waals surface area contributed by atoms with Crippen LogP contribution in [0, 0.1) is 0 Å². The van der Waals surface area contributed by atoms with Crippen LogP contribution in [0.3, 0.4) is 0 Å². The molecule has 0 nitrogen and oxygen atoms in total.